The number of nitrogens with zero attached hydrogens (tertiary/aromatic N) is 1. The highest BCUT2D eigenvalue weighted by Crippen LogP contribution is 2.23. The van der Waals surface area contributed by atoms with E-state index in [0.717, 1.165) is 16.9 Å². The summed E-state index contributed by atoms with van der Waals surface area (Å²) in [6, 6.07) is 13.1. The summed E-state index contributed by atoms with van der Waals surface area (Å²) in [6.07, 6.45) is 3.20. The molecule has 0 aliphatic carbocycles. The predicted octanol–water partition coefficient (Wildman–Crippen LogP) is 3.39. The lowest BCUT2D eigenvalue weighted by molar-refractivity contribution is -0.111. The standard InChI is InChI=1S/C19H23N3O2/c1-4-24-18-11-5-14(13-17(18)20)6-12-19(23)21-15-7-9-16(10-8-15)22(2)3/h5-13H,4,20H2,1-3H3,(H,21,23)/b12-6-. The van der Waals surface area contributed by atoms with Gasteiger partial charge in [0.15, 0.2) is 0 Å². The average molecular weight is 325 g/mol. The van der Waals surface area contributed by atoms with Gasteiger partial charge in [-0.25, -0.2) is 0 Å². The Morgan fingerprint density at radius 1 is 1.21 bits per heavy atom. The van der Waals surface area contributed by atoms with Crippen LogP contribution >= 0.6 is 0 Å². The van der Waals surface area contributed by atoms with E-state index in [4.69, 9.17) is 10.5 Å². The van der Waals surface area contributed by atoms with Gasteiger partial charge < -0.3 is 20.7 Å². The Morgan fingerprint density at radius 2 is 1.92 bits per heavy atom. The zero-order valence-corrected chi connectivity index (χ0v) is 14.2. The summed E-state index contributed by atoms with van der Waals surface area (Å²) in [6.45, 7) is 2.47. The minimum atomic E-state index is -0.194. The predicted molar refractivity (Wildman–Crippen MR) is 100 cm³/mol. The number of nitrogens with one attached hydrogen (secondary N) is 1. The van der Waals surface area contributed by atoms with Gasteiger partial charge in [-0.15, -0.1) is 0 Å². The molecular formula is C19H23N3O2. The largest absolute Gasteiger partial charge is 0.492 e. The van der Waals surface area contributed by atoms with Gasteiger partial charge in [0.1, 0.15) is 5.75 Å². The minimum absolute atomic E-state index is 0.194. The summed E-state index contributed by atoms with van der Waals surface area (Å²) in [4.78, 5) is 14.0. The molecule has 0 saturated heterocycles. The fraction of sp³-hybridized carbons (Fsp3) is 0.211. The SMILES string of the molecule is CCOc1ccc(/C=C\C(=O)Nc2ccc(N(C)C)cc2)cc1N. The van der Waals surface area contributed by atoms with Crippen LogP contribution in [0, 0.1) is 0 Å². The highest BCUT2D eigenvalue weighted by atomic mass is 16.5. The highest BCUT2D eigenvalue weighted by molar-refractivity contribution is 6.02. The number of nitrogen functional groups attached to an aromatic ring is 1. The topological polar surface area (TPSA) is 67.6 Å². The van der Waals surface area contributed by atoms with Gasteiger partial charge in [0.2, 0.25) is 5.91 Å². The van der Waals surface area contributed by atoms with Crippen LogP contribution in [0.1, 0.15) is 12.5 Å². The van der Waals surface area contributed by atoms with Crippen LogP contribution in [0.4, 0.5) is 17.1 Å². The van der Waals surface area contributed by atoms with Crippen molar-refractivity contribution in [1.29, 1.82) is 0 Å². The first kappa shape index (κ1) is 17.4. The van der Waals surface area contributed by atoms with Crippen LogP contribution in [-0.2, 0) is 4.79 Å². The minimum Gasteiger partial charge on any atom is -0.492 e. The molecule has 0 radical (unpaired) electrons. The molecule has 2 rings (SSSR count). The van der Waals surface area contributed by atoms with Crippen LogP contribution in [0.15, 0.2) is 48.5 Å². The first-order valence-corrected chi connectivity index (χ1v) is 7.78. The number of ether oxygens (including phenoxy) is 1. The Morgan fingerprint density at radius 3 is 2.50 bits per heavy atom. The van der Waals surface area contributed by atoms with Crippen molar-refractivity contribution in [3.63, 3.8) is 0 Å². The third-order valence-electron chi connectivity index (χ3n) is 3.41. The molecule has 0 saturated carbocycles. The maximum atomic E-state index is 12.0. The van der Waals surface area contributed by atoms with E-state index in [-0.39, 0.29) is 5.91 Å². The summed E-state index contributed by atoms with van der Waals surface area (Å²) in [5.41, 5.74) is 9.14. The van der Waals surface area contributed by atoms with E-state index < -0.39 is 0 Å². The van der Waals surface area contributed by atoms with Crippen molar-refractivity contribution < 1.29 is 9.53 Å². The number of carbonyl (C=O) groups is 1. The second-order valence-corrected chi connectivity index (χ2v) is 5.49. The van der Waals surface area contributed by atoms with E-state index in [1.807, 2.05) is 56.3 Å². The molecule has 126 valence electrons. The van der Waals surface area contributed by atoms with Gasteiger partial charge in [-0.1, -0.05) is 6.07 Å². The molecule has 3 N–H and O–H groups in total. The highest BCUT2D eigenvalue weighted by Gasteiger charge is 2.02. The second kappa shape index (κ2) is 8.06. The molecule has 0 aliphatic heterocycles. The maximum Gasteiger partial charge on any atom is 0.248 e. The van der Waals surface area contributed by atoms with Crippen molar-refractivity contribution >= 4 is 29.0 Å². The Bertz CT molecular complexity index is 722. The lowest BCUT2D eigenvalue weighted by atomic mass is 10.1. The molecule has 0 bridgehead atoms. The monoisotopic (exact) mass is 325 g/mol. The summed E-state index contributed by atoms with van der Waals surface area (Å²) >= 11 is 0. The van der Waals surface area contributed by atoms with Gasteiger partial charge in [-0.05, 0) is 55.0 Å². The Labute approximate surface area is 142 Å². The molecular weight excluding hydrogens is 302 g/mol. The molecule has 0 atom stereocenters. The van der Waals surface area contributed by atoms with Gasteiger partial charge in [0.05, 0.1) is 12.3 Å². The van der Waals surface area contributed by atoms with Crippen molar-refractivity contribution in [2.75, 3.05) is 36.7 Å². The molecule has 5 nitrogen and oxygen atoms in total. The Balaban J connectivity index is 1.98. The molecule has 2 aromatic rings. The van der Waals surface area contributed by atoms with Crippen LogP contribution in [-0.4, -0.2) is 26.6 Å². The van der Waals surface area contributed by atoms with Gasteiger partial charge in [-0.3, -0.25) is 4.79 Å². The first-order chi connectivity index (χ1) is 11.5. The molecule has 2 aromatic carbocycles. The van der Waals surface area contributed by atoms with Crippen molar-refractivity contribution in [3.8, 4) is 5.75 Å². The molecule has 0 unspecified atom stereocenters. The smallest absolute Gasteiger partial charge is 0.248 e. The lowest BCUT2D eigenvalue weighted by Crippen LogP contribution is -2.10. The Hall–Kier alpha value is -2.95. The summed E-state index contributed by atoms with van der Waals surface area (Å²) in [5, 5.41) is 2.82. The van der Waals surface area contributed by atoms with E-state index in [1.54, 1.807) is 18.2 Å². The molecule has 5 heteroatoms. The van der Waals surface area contributed by atoms with Crippen LogP contribution in [0.25, 0.3) is 6.08 Å². The number of amides is 1. The molecule has 0 aromatic heterocycles. The van der Waals surface area contributed by atoms with Crippen LogP contribution < -0.4 is 20.7 Å². The lowest BCUT2D eigenvalue weighted by Gasteiger charge is -2.12. The quantitative estimate of drug-likeness (QED) is 0.631. The molecule has 0 aliphatic rings. The number of nitrogens with two attached hydrogens (primary N) is 1. The number of rotatable bonds is 6. The normalized spacial score (nSPS) is 10.6. The maximum absolute atomic E-state index is 12.0. The second-order valence-electron chi connectivity index (χ2n) is 5.49. The summed E-state index contributed by atoms with van der Waals surface area (Å²) < 4.78 is 5.39. The van der Waals surface area contributed by atoms with Crippen molar-refractivity contribution in [2.45, 2.75) is 6.92 Å². The van der Waals surface area contributed by atoms with E-state index >= 15 is 0 Å². The van der Waals surface area contributed by atoms with E-state index in [0.29, 0.717) is 18.0 Å². The number of carbonyl (C=O) groups excluding carboxylic acids is 1. The van der Waals surface area contributed by atoms with E-state index in [9.17, 15) is 4.79 Å². The molecule has 1 amide bonds. The van der Waals surface area contributed by atoms with Crippen LogP contribution in [0.5, 0.6) is 5.75 Å². The van der Waals surface area contributed by atoms with Gasteiger partial charge >= 0.3 is 0 Å². The van der Waals surface area contributed by atoms with Gasteiger partial charge in [0.25, 0.3) is 0 Å². The molecule has 0 heterocycles. The first-order valence-electron chi connectivity index (χ1n) is 7.78. The molecule has 0 fully saturated rings. The third-order valence-corrected chi connectivity index (χ3v) is 3.41. The van der Waals surface area contributed by atoms with Crippen molar-refractivity contribution in [3.05, 3.63) is 54.1 Å². The average Bonchev–Trinajstić information content (AvgIpc) is 2.56. The van der Waals surface area contributed by atoms with Gasteiger partial charge in [-0.2, -0.15) is 0 Å². The van der Waals surface area contributed by atoms with Crippen LogP contribution in [0.2, 0.25) is 0 Å². The number of benzene rings is 2. The fourth-order valence-corrected chi connectivity index (χ4v) is 2.16. The van der Waals surface area contributed by atoms with Crippen molar-refractivity contribution in [1.82, 2.24) is 0 Å². The van der Waals surface area contributed by atoms with E-state index in [1.165, 1.54) is 6.08 Å². The molecule has 0 spiro atoms. The fourth-order valence-electron chi connectivity index (χ4n) is 2.16. The zero-order valence-electron chi connectivity index (χ0n) is 14.2. The number of hydrogen-bond acceptors (Lipinski definition) is 4. The van der Waals surface area contributed by atoms with Crippen molar-refractivity contribution in [2.24, 2.45) is 0 Å². The summed E-state index contributed by atoms with van der Waals surface area (Å²) in [5.74, 6) is 0.458. The number of hydrogen-bond donors (Lipinski definition) is 2. The third kappa shape index (κ3) is 4.78. The molecule has 24 heavy (non-hydrogen) atoms. The summed E-state index contributed by atoms with van der Waals surface area (Å²) in [7, 11) is 3.94. The van der Waals surface area contributed by atoms with E-state index in [2.05, 4.69) is 5.32 Å². The zero-order chi connectivity index (χ0) is 17.5. The number of anilines is 3. The Kier molecular flexibility index (Phi) is 5.84. The van der Waals surface area contributed by atoms with Gasteiger partial charge in [0, 0.05) is 31.5 Å². The van der Waals surface area contributed by atoms with Crippen LogP contribution in [0.3, 0.4) is 0 Å².